The molecule has 0 N–H and O–H groups in total. The van der Waals surface area contributed by atoms with E-state index in [4.69, 9.17) is 9.97 Å². The van der Waals surface area contributed by atoms with Crippen molar-refractivity contribution in [1.82, 2.24) is 27.9 Å². The van der Waals surface area contributed by atoms with Crippen LogP contribution in [0.25, 0.3) is 67.1 Å². The van der Waals surface area contributed by atoms with E-state index in [0.717, 1.165) is 68.4 Å². The fraction of sp³-hybridized carbons (Fsp3) is 0.179. The highest BCUT2D eigenvalue weighted by molar-refractivity contribution is 5.95. The van der Waals surface area contributed by atoms with Crippen molar-refractivity contribution in [3.05, 3.63) is 120 Å². The van der Waals surface area contributed by atoms with Gasteiger partial charge in [-0.1, -0.05) is 80.3 Å². The van der Waals surface area contributed by atoms with Gasteiger partial charge < -0.3 is 0 Å². The summed E-state index contributed by atoms with van der Waals surface area (Å²) in [5.74, 6) is 2.64. The van der Waals surface area contributed by atoms with Gasteiger partial charge in [-0.2, -0.15) is 0 Å². The highest BCUT2D eigenvalue weighted by Gasteiger charge is 2.22. The Labute approximate surface area is 259 Å². The fourth-order valence-electron chi connectivity index (χ4n) is 8.02. The monoisotopic (exact) mass is 584 g/mol. The number of aryl methyl sites for hydroxylation is 1. The molecule has 1 saturated carbocycles. The summed E-state index contributed by atoms with van der Waals surface area (Å²) in [7, 11) is 0. The summed E-state index contributed by atoms with van der Waals surface area (Å²) in [5, 5.41) is 0. The molecular formula is C39H32N6. The molecule has 4 aromatic heterocycles. The van der Waals surface area contributed by atoms with Crippen LogP contribution >= 0.6 is 0 Å². The lowest BCUT2D eigenvalue weighted by Crippen LogP contribution is -2.00. The van der Waals surface area contributed by atoms with Crippen LogP contribution < -0.4 is 0 Å². The number of imidazole rings is 4. The van der Waals surface area contributed by atoms with E-state index in [9.17, 15) is 0 Å². The minimum Gasteiger partial charge on any atom is -0.278 e. The van der Waals surface area contributed by atoms with Crippen molar-refractivity contribution in [1.29, 1.82) is 0 Å². The Morgan fingerprint density at radius 3 is 1.71 bits per heavy atom. The van der Waals surface area contributed by atoms with Crippen LogP contribution in [0.1, 0.15) is 36.8 Å². The molecular weight excluding hydrogens is 552 g/mol. The number of nitrogens with zero attached hydrogens (tertiary/aromatic N) is 6. The van der Waals surface area contributed by atoms with Crippen LogP contribution in [0.5, 0.6) is 0 Å². The van der Waals surface area contributed by atoms with Crippen molar-refractivity contribution in [2.75, 3.05) is 0 Å². The summed E-state index contributed by atoms with van der Waals surface area (Å²) in [6, 6.07) is 39.3. The molecule has 0 amide bonds. The molecule has 0 radical (unpaired) electrons. The lowest BCUT2D eigenvalue weighted by Gasteiger charge is -2.10. The van der Waals surface area contributed by atoms with Gasteiger partial charge in [-0.15, -0.1) is 0 Å². The first-order valence-electron chi connectivity index (χ1n) is 16.1. The molecule has 6 nitrogen and oxygen atoms in total. The molecule has 0 spiro atoms. The normalized spacial score (nSPS) is 14.4. The molecule has 1 aliphatic rings. The standard InChI is InChI=1S/C39H32N6/c1-25-11-8-21-34-36(25)40-38-42(30-17-4-6-19-32(30)44(34)38)28-15-10-16-29(24-28)43-31-18-5-7-20-33(31)45-35-22-9-14-27(37(35)41-39(43)45)23-26-12-2-3-13-26/h4-11,14-22,24,26H,2-3,12-13,23H2,1H3. The third-order valence-electron chi connectivity index (χ3n) is 10.1. The number of hydrogen-bond donors (Lipinski definition) is 0. The van der Waals surface area contributed by atoms with E-state index in [1.54, 1.807) is 0 Å². The largest absolute Gasteiger partial charge is 0.278 e. The fourth-order valence-corrected chi connectivity index (χ4v) is 8.02. The van der Waals surface area contributed by atoms with Gasteiger partial charge in [-0.3, -0.25) is 17.9 Å². The Morgan fingerprint density at radius 2 is 1.07 bits per heavy atom. The topological polar surface area (TPSA) is 44.5 Å². The van der Waals surface area contributed by atoms with Gasteiger partial charge >= 0.3 is 0 Å². The van der Waals surface area contributed by atoms with Crippen molar-refractivity contribution in [2.45, 2.75) is 39.0 Å². The lowest BCUT2D eigenvalue weighted by molar-refractivity contribution is 0.548. The third kappa shape index (κ3) is 3.51. The maximum atomic E-state index is 5.40. The molecule has 0 unspecified atom stereocenters. The van der Waals surface area contributed by atoms with Gasteiger partial charge in [-0.05, 0) is 85.0 Å². The molecule has 4 heterocycles. The minimum absolute atomic E-state index is 0.767. The Bertz CT molecular complexity index is 2600. The first kappa shape index (κ1) is 25.0. The van der Waals surface area contributed by atoms with Crippen LogP contribution in [-0.2, 0) is 6.42 Å². The number of benzene rings is 5. The molecule has 1 aliphatic carbocycles. The van der Waals surface area contributed by atoms with Gasteiger partial charge in [0.2, 0.25) is 11.6 Å². The van der Waals surface area contributed by atoms with Crippen LogP contribution in [0, 0.1) is 12.8 Å². The van der Waals surface area contributed by atoms with Crippen LogP contribution in [0.4, 0.5) is 0 Å². The number of para-hydroxylation sites is 6. The van der Waals surface area contributed by atoms with Gasteiger partial charge in [0.05, 0.1) is 55.5 Å². The average molecular weight is 585 g/mol. The smallest absolute Gasteiger partial charge is 0.220 e. The molecule has 1 fully saturated rings. The zero-order chi connectivity index (χ0) is 29.6. The van der Waals surface area contributed by atoms with Gasteiger partial charge in [-0.25, -0.2) is 9.97 Å². The Hall–Kier alpha value is -5.36. The van der Waals surface area contributed by atoms with E-state index in [2.05, 4.69) is 134 Å². The number of fused-ring (bicyclic) bond motifs is 10. The number of rotatable bonds is 4. The van der Waals surface area contributed by atoms with E-state index in [1.807, 2.05) is 0 Å². The maximum Gasteiger partial charge on any atom is 0.220 e. The summed E-state index contributed by atoms with van der Waals surface area (Å²) in [5.41, 5.74) is 13.8. The highest BCUT2D eigenvalue weighted by Crippen LogP contribution is 2.35. The molecule has 45 heavy (non-hydrogen) atoms. The SMILES string of the molecule is Cc1cccc2c1nc1n(-c3cccc(-n4c5ccccc5n5c6cccc(CC7CCCC7)c6nc45)c3)c3ccccc3n21. The van der Waals surface area contributed by atoms with Crippen molar-refractivity contribution < 1.29 is 0 Å². The van der Waals surface area contributed by atoms with Crippen molar-refractivity contribution in [2.24, 2.45) is 5.92 Å². The second-order valence-corrected chi connectivity index (χ2v) is 12.7. The summed E-state index contributed by atoms with van der Waals surface area (Å²) >= 11 is 0. The second-order valence-electron chi connectivity index (χ2n) is 12.7. The first-order valence-corrected chi connectivity index (χ1v) is 16.1. The Morgan fingerprint density at radius 1 is 0.556 bits per heavy atom. The molecule has 0 atom stereocenters. The number of hydrogen-bond acceptors (Lipinski definition) is 2. The minimum atomic E-state index is 0.767. The van der Waals surface area contributed by atoms with Crippen LogP contribution in [-0.4, -0.2) is 27.9 Å². The zero-order valence-electron chi connectivity index (χ0n) is 25.2. The van der Waals surface area contributed by atoms with E-state index >= 15 is 0 Å². The maximum absolute atomic E-state index is 5.40. The van der Waals surface area contributed by atoms with Crippen molar-refractivity contribution in [3.63, 3.8) is 0 Å². The van der Waals surface area contributed by atoms with E-state index in [1.165, 1.54) is 47.8 Å². The van der Waals surface area contributed by atoms with Crippen LogP contribution in [0.3, 0.4) is 0 Å². The van der Waals surface area contributed by atoms with Gasteiger partial charge in [0.1, 0.15) is 0 Å². The van der Waals surface area contributed by atoms with E-state index in [-0.39, 0.29) is 0 Å². The predicted octanol–water partition coefficient (Wildman–Crippen LogP) is 9.22. The van der Waals surface area contributed by atoms with E-state index < -0.39 is 0 Å². The molecule has 6 heteroatoms. The third-order valence-corrected chi connectivity index (χ3v) is 10.1. The quantitative estimate of drug-likeness (QED) is 0.207. The molecule has 0 bridgehead atoms. The Kier molecular flexibility index (Phi) is 5.18. The van der Waals surface area contributed by atoms with Gasteiger partial charge in [0.25, 0.3) is 0 Å². The second kappa shape index (κ2) is 9.32. The molecule has 5 aromatic carbocycles. The first-order chi connectivity index (χ1) is 22.2. The molecule has 9 aromatic rings. The summed E-state index contributed by atoms with van der Waals surface area (Å²) in [4.78, 5) is 10.6. The summed E-state index contributed by atoms with van der Waals surface area (Å²) < 4.78 is 9.26. The number of aromatic nitrogens is 6. The molecule has 0 saturated heterocycles. The summed E-state index contributed by atoms with van der Waals surface area (Å²) in [6.07, 6.45) is 6.49. The zero-order valence-corrected chi connectivity index (χ0v) is 25.2. The van der Waals surface area contributed by atoms with Crippen molar-refractivity contribution in [3.8, 4) is 11.4 Å². The van der Waals surface area contributed by atoms with Crippen molar-refractivity contribution >= 4 is 55.7 Å². The van der Waals surface area contributed by atoms with Gasteiger partial charge in [0.15, 0.2) is 0 Å². The van der Waals surface area contributed by atoms with Crippen LogP contribution in [0.15, 0.2) is 109 Å². The van der Waals surface area contributed by atoms with E-state index in [0.29, 0.717) is 0 Å². The molecule has 218 valence electrons. The Balaban J connectivity index is 1.23. The summed E-state index contributed by atoms with van der Waals surface area (Å²) in [6.45, 7) is 2.14. The van der Waals surface area contributed by atoms with Crippen LogP contribution in [0.2, 0.25) is 0 Å². The lowest BCUT2D eigenvalue weighted by atomic mass is 9.97. The van der Waals surface area contributed by atoms with Gasteiger partial charge in [0, 0.05) is 0 Å². The molecule has 10 rings (SSSR count). The molecule has 0 aliphatic heterocycles. The highest BCUT2D eigenvalue weighted by atomic mass is 15.2. The average Bonchev–Trinajstić information content (AvgIpc) is 3.88. The predicted molar refractivity (Wildman–Crippen MR) is 183 cm³/mol.